The summed E-state index contributed by atoms with van der Waals surface area (Å²) in [5, 5.41) is 12.8. The smallest absolute Gasteiger partial charge is 0.240 e. The molecule has 5 nitrogen and oxygen atoms in total. The third kappa shape index (κ3) is 3.55. The van der Waals surface area contributed by atoms with Crippen molar-refractivity contribution in [3.8, 4) is 0 Å². The van der Waals surface area contributed by atoms with Gasteiger partial charge in [-0.15, -0.1) is 0 Å². The second-order valence-corrected chi connectivity index (χ2v) is 6.24. The number of amides is 1. The van der Waals surface area contributed by atoms with Crippen molar-refractivity contribution >= 4 is 32.6 Å². The summed E-state index contributed by atoms with van der Waals surface area (Å²) in [5.41, 5.74) is 0.671. The monoisotopic (exact) mass is 309 g/mol. The van der Waals surface area contributed by atoms with E-state index in [0.717, 1.165) is 19.4 Å². The summed E-state index contributed by atoms with van der Waals surface area (Å²) >= 11 is 1.25. The number of hydrogen-bond acceptors (Lipinski definition) is 5. The zero-order valence-electron chi connectivity index (χ0n) is 11.4. The molecule has 1 unspecified atom stereocenters. The van der Waals surface area contributed by atoms with Crippen molar-refractivity contribution in [2.45, 2.75) is 18.9 Å². The van der Waals surface area contributed by atoms with Crippen LogP contribution in [0.25, 0.3) is 10.2 Å². The Morgan fingerprint density at radius 2 is 2.43 bits per heavy atom. The average Bonchev–Trinajstić information content (AvgIpc) is 2.79. The maximum Gasteiger partial charge on any atom is 0.240 e. The van der Waals surface area contributed by atoms with Gasteiger partial charge in [0.05, 0.1) is 22.9 Å². The number of aliphatic hydroxyl groups is 1. The number of fused-ring (bicyclic) bond motifs is 1. The van der Waals surface area contributed by atoms with Crippen LogP contribution in [-0.2, 0) is 4.79 Å². The van der Waals surface area contributed by atoms with Crippen LogP contribution >= 0.6 is 11.3 Å². The first-order valence-corrected chi connectivity index (χ1v) is 7.68. The highest BCUT2D eigenvalue weighted by atomic mass is 32.1. The van der Waals surface area contributed by atoms with Gasteiger partial charge in [0.25, 0.3) is 0 Å². The fourth-order valence-electron chi connectivity index (χ4n) is 2.49. The number of nitrogens with zero attached hydrogens (tertiary/aromatic N) is 2. The molecule has 0 spiro atoms. The van der Waals surface area contributed by atoms with Gasteiger partial charge >= 0.3 is 0 Å². The number of benzene rings is 1. The molecule has 1 saturated heterocycles. The third-order valence-electron chi connectivity index (χ3n) is 3.44. The fraction of sp³-hybridized carbons (Fsp3) is 0.429. The molecule has 112 valence electrons. The van der Waals surface area contributed by atoms with Gasteiger partial charge in [-0.2, -0.15) is 0 Å². The van der Waals surface area contributed by atoms with Crippen LogP contribution in [0.5, 0.6) is 0 Å². The summed E-state index contributed by atoms with van der Waals surface area (Å²) < 4.78 is 13.8. The zero-order chi connectivity index (χ0) is 14.8. The quantitative estimate of drug-likeness (QED) is 0.908. The van der Waals surface area contributed by atoms with Crippen LogP contribution in [0.1, 0.15) is 12.8 Å². The highest BCUT2D eigenvalue weighted by Gasteiger charge is 2.20. The summed E-state index contributed by atoms with van der Waals surface area (Å²) in [6.07, 6.45) is 1.34. The lowest BCUT2D eigenvalue weighted by Gasteiger charge is -2.29. The van der Waals surface area contributed by atoms with Crippen molar-refractivity contribution in [1.29, 1.82) is 0 Å². The molecule has 0 aliphatic carbocycles. The first-order valence-electron chi connectivity index (χ1n) is 6.86. The van der Waals surface area contributed by atoms with Crippen molar-refractivity contribution in [2.24, 2.45) is 0 Å². The summed E-state index contributed by atoms with van der Waals surface area (Å²) in [6.45, 7) is 1.58. The maximum absolute atomic E-state index is 13.1. The van der Waals surface area contributed by atoms with Crippen LogP contribution in [0.3, 0.4) is 0 Å². The lowest BCUT2D eigenvalue weighted by Crippen LogP contribution is -2.42. The Morgan fingerprint density at radius 3 is 3.24 bits per heavy atom. The fourth-order valence-corrected chi connectivity index (χ4v) is 3.40. The van der Waals surface area contributed by atoms with E-state index in [1.165, 1.54) is 23.5 Å². The van der Waals surface area contributed by atoms with Crippen molar-refractivity contribution in [1.82, 2.24) is 9.88 Å². The molecule has 7 heteroatoms. The molecule has 0 bridgehead atoms. The minimum absolute atomic E-state index is 0.163. The number of piperidine rings is 1. The van der Waals surface area contributed by atoms with Crippen molar-refractivity contribution in [3.63, 3.8) is 0 Å². The minimum atomic E-state index is -0.350. The molecule has 1 atom stereocenters. The van der Waals surface area contributed by atoms with E-state index in [-0.39, 0.29) is 24.4 Å². The summed E-state index contributed by atoms with van der Waals surface area (Å²) in [4.78, 5) is 18.2. The number of aliphatic hydroxyl groups excluding tert-OH is 1. The molecule has 21 heavy (non-hydrogen) atoms. The predicted octanol–water partition coefficient (Wildman–Crippen LogP) is 1.83. The summed E-state index contributed by atoms with van der Waals surface area (Å²) in [6, 6.07) is 4.35. The van der Waals surface area contributed by atoms with Crippen molar-refractivity contribution < 1.29 is 14.3 Å². The van der Waals surface area contributed by atoms with Gasteiger partial charge in [-0.05, 0) is 37.6 Å². The molecule has 1 fully saturated rings. The summed E-state index contributed by atoms with van der Waals surface area (Å²) in [7, 11) is 0. The first kappa shape index (κ1) is 14.4. The number of aromatic nitrogens is 1. The molecular weight excluding hydrogens is 293 g/mol. The lowest BCUT2D eigenvalue weighted by molar-refractivity contribution is -0.118. The van der Waals surface area contributed by atoms with E-state index in [0.29, 0.717) is 21.9 Å². The van der Waals surface area contributed by atoms with Gasteiger partial charge in [-0.25, -0.2) is 9.37 Å². The zero-order valence-corrected chi connectivity index (χ0v) is 12.2. The summed E-state index contributed by atoms with van der Waals surface area (Å²) in [5.74, 6) is -0.477. The third-order valence-corrected chi connectivity index (χ3v) is 4.38. The Kier molecular flexibility index (Phi) is 4.14. The number of nitrogens with one attached hydrogen (secondary N) is 1. The Morgan fingerprint density at radius 1 is 1.57 bits per heavy atom. The molecule has 2 aromatic rings. The van der Waals surface area contributed by atoms with Crippen LogP contribution in [0.2, 0.25) is 0 Å². The number of likely N-dealkylation sites (tertiary alicyclic amines) is 1. The van der Waals surface area contributed by atoms with Crippen LogP contribution in [0.15, 0.2) is 18.2 Å². The molecule has 0 saturated carbocycles. The van der Waals surface area contributed by atoms with Crippen LogP contribution in [0, 0.1) is 5.82 Å². The Hall–Kier alpha value is -1.57. The lowest BCUT2D eigenvalue weighted by atomic mass is 10.1. The number of β-amino-alcohol motifs (C(OH)–C–C–N with tert-alkyl or cyclic N) is 1. The van der Waals surface area contributed by atoms with E-state index in [1.54, 1.807) is 6.07 Å². The van der Waals surface area contributed by atoms with E-state index >= 15 is 0 Å². The molecule has 0 radical (unpaired) electrons. The van der Waals surface area contributed by atoms with Gasteiger partial charge in [0.2, 0.25) is 5.91 Å². The van der Waals surface area contributed by atoms with Crippen LogP contribution in [-0.4, -0.2) is 46.6 Å². The molecule has 3 rings (SSSR count). The van der Waals surface area contributed by atoms with Crippen molar-refractivity contribution in [2.75, 3.05) is 25.0 Å². The molecule has 1 aliphatic heterocycles. The molecule has 2 heterocycles. The highest BCUT2D eigenvalue weighted by Crippen LogP contribution is 2.26. The standard InChI is InChI=1S/C14H16FN3O2S/c15-9-3-4-11-12(6-9)21-14(16-11)17-13(20)8-18-5-1-2-10(19)7-18/h3-4,6,10,19H,1-2,5,7-8H2,(H,16,17,20). The predicted molar refractivity (Wildman–Crippen MR) is 79.9 cm³/mol. The topological polar surface area (TPSA) is 65.5 Å². The molecule has 2 N–H and O–H groups in total. The molecule has 1 aliphatic rings. The first-order chi connectivity index (χ1) is 10.1. The average molecular weight is 309 g/mol. The van der Waals surface area contributed by atoms with Gasteiger partial charge in [-0.1, -0.05) is 11.3 Å². The number of anilines is 1. The highest BCUT2D eigenvalue weighted by molar-refractivity contribution is 7.22. The SMILES string of the molecule is O=C(CN1CCCC(O)C1)Nc1nc2ccc(F)cc2s1. The van der Waals surface area contributed by atoms with Gasteiger partial charge in [-0.3, -0.25) is 9.69 Å². The molecule has 1 aromatic heterocycles. The normalized spacial score (nSPS) is 19.8. The number of halogens is 1. The van der Waals surface area contributed by atoms with Gasteiger partial charge in [0.1, 0.15) is 5.82 Å². The van der Waals surface area contributed by atoms with E-state index in [9.17, 15) is 14.3 Å². The second kappa shape index (κ2) is 6.05. The number of thiazole rings is 1. The Balaban J connectivity index is 1.63. The molecule has 1 aromatic carbocycles. The van der Waals surface area contributed by atoms with Gasteiger partial charge in [0.15, 0.2) is 5.13 Å². The van der Waals surface area contributed by atoms with Crippen molar-refractivity contribution in [3.05, 3.63) is 24.0 Å². The second-order valence-electron chi connectivity index (χ2n) is 5.21. The number of carbonyl (C=O) groups excluding carboxylic acids is 1. The van der Waals surface area contributed by atoms with Crippen LogP contribution < -0.4 is 5.32 Å². The van der Waals surface area contributed by atoms with E-state index < -0.39 is 0 Å². The largest absolute Gasteiger partial charge is 0.392 e. The van der Waals surface area contributed by atoms with E-state index in [2.05, 4.69) is 10.3 Å². The number of rotatable bonds is 3. The van der Waals surface area contributed by atoms with E-state index in [1.807, 2.05) is 4.90 Å². The number of hydrogen-bond donors (Lipinski definition) is 2. The maximum atomic E-state index is 13.1. The Labute approximate surface area is 125 Å². The van der Waals surface area contributed by atoms with Gasteiger partial charge in [0, 0.05) is 6.54 Å². The molecule has 1 amide bonds. The number of carbonyl (C=O) groups is 1. The minimum Gasteiger partial charge on any atom is -0.392 e. The van der Waals surface area contributed by atoms with Gasteiger partial charge < -0.3 is 10.4 Å². The van der Waals surface area contributed by atoms with Crippen LogP contribution in [0.4, 0.5) is 9.52 Å². The Bertz CT molecular complexity index is 661. The van der Waals surface area contributed by atoms with E-state index in [4.69, 9.17) is 0 Å². The molecular formula is C14H16FN3O2S.